The SMILES string of the molecule is CCOC(=O)c1cccn1CCOC. The molecule has 78 valence electrons. The summed E-state index contributed by atoms with van der Waals surface area (Å²) in [5, 5.41) is 0. The van der Waals surface area contributed by atoms with Gasteiger partial charge in [-0.05, 0) is 19.1 Å². The number of hydrogen-bond donors (Lipinski definition) is 0. The predicted molar refractivity (Wildman–Crippen MR) is 52.3 cm³/mol. The van der Waals surface area contributed by atoms with E-state index >= 15 is 0 Å². The number of aromatic nitrogens is 1. The Hall–Kier alpha value is -1.29. The number of hydrogen-bond acceptors (Lipinski definition) is 3. The third-order valence-electron chi connectivity index (χ3n) is 1.85. The van der Waals surface area contributed by atoms with Crippen LogP contribution in [0.1, 0.15) is 17.4 Å². The van der Waals surface area contributed by atoms with Crippen LogP contribution in [-0.4, -0.2) is 30.9 Å². The van der Waals surface area contributed by atoms with Crippen molar-refractivity contribution in [1.82, 2.24) is 4.57 Å². The Kier molecular flexibility index (Phi) is 4.19. The molecule has 0 radical (unpaired) electrons. The molecule has 1 aromatic rings. The third-order valence-corrected chi connectivity index (χ3v) is 1.85. The second kappa shape index (κ2) is 5.44. The third kappa shape index (κ3) is 2.60. The summed E-state index contributed by atoms with van der Waals surface area (Å²) in [6.45, 7) is 3.44. The first kappa shape index (κ1) is 10.8. The largest absolute Gasteiger partial charge is 0.461 e. The average Bonchev–Trinajstić information content (AvgIpc) is 2.63. The molecule has 0 saturated heterocycles. The molecule has 0 aromatic carbocycles. The molecule has 0 saturated carbocycles. The van der Waals surface area contributed by atoms with Gasteiger partial charge >= 0.3 is 5.97 Å². The van der Waals surface area contributed by atoms with Crippen LogP contribution in [0, 0.1) is 0 Å². The molecule has 0 atom stereocenters. The van der Waals surface area contributed by atoms with Gasteiger partial charge in [-0.2, -0.15) is 0 Å². The molecular weight excluding hydrogens is 182 g/mol. The first-order valence-corrected chi connectivity index (χ1v) is 4.60. The van der Waals surface area contributed by atoms with Crippen LogP contribution in [-0.2, 0) is 16.0 Å². The first-order chi connectivity index (χ1) is 6.79. The lowest BCUT2D eigenvalue weighted by Gasteiger charge is -2.07. The van der Waals surface area contributed by atoms with E-state index in [9.17, 15) is 4.79 Å². The van der Waals surface area contributed by atoms with Crippen molar-refractivity contribution < 1.29 is 14.3 Å². The molecule has 0 fully saturated rings. The zero-order valence-corrected chi connectivity index (χ0v) is 8.53. The summed E-state index contributed by atoms with van der Waals surface area (Å²) in [6, 6.07) is 3.57. The normalized spacial score (nSPS) is 10.1. The van der Waals surface area contributed by atoms with Crippen LogP contribution in [0.2, 0.25) is 0 Å². The van der Waals surface area contributed by atoms with E-state index < -0.39 is 0 Å². The van der Waals surface area contributed by atoms with Crippen molar-refractivity contribution in [3.63, 3.8) is 0 Å². The van der Waals surface area contributed by atoms with Crippen molar-refractivity contribution in [2.24, 2.45) is 0 Å². The van der Waals surface area contributed by atoms with Gasteiger partial charge in [0.1, 0.15) is 5.69 Å². The van der Waals surface area contributed by atoms with E-state index in [0.29, 0.717) is 25.5 Å². The Morgan fingerprint density at radius 1 is 1.57 bits per heavy atom. The minimum Gasteiger partial charge on any atom is -0.461 e. The highest BCUT2D eigenvalue weighted by Crippen LogP contribution is 2.04. The number of carbonyl (C=O) groups excluding carboxylic acids is 1. The van der Waals surface area contributed by atoms with Crippen molar-refractivity contribution in [2.75, 3.05) is 20.3 Å². The lowest BCUT2D eigenvalue weighted by Crippen LogP contribution is -2.13. The van der Waals surface area contributed by atoms with Crippen LogP contribution in [0.5, 0.6) is 0 Å². The minimum absolute atomic E-state index is 0.284. The van der Waals surface area contributed by atoms with Gasteiger partial charge in [0.05, 0.1) is 13.2 Å². The lowest BCUT2D eigenvalue weighted by molar-refractivity contribution is 0.0511. The minimum atomic E-state index is -0.284. The van der Waals surface area contributed by atoms with Crippen molar-refractivity contribution in [2.45, 2.75) is 13.5 Å². The lowest BCUT2D eigenvalue weighted by atomic mass is 10.4. The number of esters is 1. The Labute approximate surface area is 83.4 Å². The summed E-state index contributed by atoms with van der Waals surface area (Å²) in [5.74, 6) is -0.284. The summed E-state index contributed by atoms with van der Waals surface area (Å²) < 4.78 is 11.7. The summed E-state index contributed by atoms with van der Waals surface area (Å²) in [5.41, 5.74) is 0.573. The van der Waals surface area contributed by atoms with Gasteiger partial charge in [0.15, 0.2) is 0 Å². The van der Waals surface area contributed by atoms with Crippen LogP contribution in [0.4, 0.5) is 0 Å². The van der Waals surface area contributed by atoms with E-state index in [1.165, 1.54) is 0 Å². The maximum atomic E-state index is 11.4. The molecule has 0 N–H and O–H groups in total. The highest BCUT2D eigenvalue weighted by Gasteiger charge is 2.10. The van der Waals surface area contributed by atoms with Gasteiger partial charge in [0.2, 0.25) is 0 Å². The molecule has 1 aromatic heterocycles. The van der Waals surface area contributed by atoms with E-state index in [4.69, 9.17) is 9.47 Å². The second-order valence-corrected chi connectivity index (χ2v) is 2.80. The predicted octanol–water partition coefficient (Wildman–Crippen LogP) is 1.31. The Balaban J connectivity index is 2.66. The molecule has 4 nitrogen and oxygen atoms in total. The number of rotatable bonds is 5. The maximum Gasteiger partial charge on any atom is 0.354 e. The molecule has 4 heteroatoms. The molecule has 0 spiro atoms. The van der Waals surface area contributed by atoms with E-state index in [1.54, 1.807) is 20.1 Å². The van der Waals surface area contributed by atoms with Gasteiger partial charge in [-0.25, -0.2) is 4.79 Å². The maximum absolute atomic E-state index is 11.4. The molecular formula is C10H15NO3. The van der Waals surface area contributed by atoms with Crippen molar-refractivity contribution >= 4 is 5.97 Å². The van der Waals surface area contributed by atoms with Crippen LogP contribution in [0.25, 0.3) is 0 Å². The second-order valence-electron chi connectivity index (χ2n) is 2.80. The molecule has 0 unspecified atom stereocenters. The van der Waals surface area contributed by atoms with E-state index in [1.807, 2.05) is 16.8 Å². The monoisotopic (exact) mass is 197 g/mol. The Morgan fingerprint density at radius 2 is 2.36 bits per heavy atom. The molecule has 0 amide bonds. The molecule has 0 bridgehead atoms. The number of nitrogens with zero attached hydrogens (tertiary/aromatic N) is 1. The zero-order chi connectivity index (χ0) is 10.4. The van der Waals surface area contributed by atoms with Crippen LogP contribution < -0.4 is 0 Å². The fourth-order valence-corrected chi connectivity index (χ4v) is 1.19. The number of ether oxygens (including phenoxy) is 2. The van der Waals surface area contributed by atoms with Gasteiger partial charge in [-0.3, -0.25) is 0 Å². The quantitative estimate of drug-likeness (QED) is 0.668. The number of methoxy groups -OCH3 is 1. The van der Waals surface area contributed by atoms with Gasteiger partial charge in [-0.1, -0.05) is 0 Å². The van der Waals surface area contributed by atoms with Crippen molar-refractivity contribution in [3.8, 4) is 0 Å². The zero-order valence-electron chi connectivity index (χ0n) is 8.53. The molecule has 0 aliphatic carbocycles. The summed E-state index contributed by atoms with van der Waals surface area (Å²) in [7, 11) is 1.63. The van der Waals surface area contributed by atoms with Gasteiger partial charge in [0, 0.05) is 19.9 Å². The van der Waals surface area contributed by atoms with Crippen molar-refractivity contribution in [1.29, 1.82) is 0 Å². The van der Waals surface area contributed by atoms with Crippen LogP contribution in [0.3, 0.4) is 0 Å². The summed E-state index contributed by atoms with van der Waals surface area (Å²) >= 11 is 0. The van der Waals surface area contributed by atoms with Gasteiger partial charge in [-0.15, -0.1) is 0 Å². The van der Waals surface area contributed by atoms with Crippen molar-refractivity contribution in [3.05, 3.63) is 24.0 Å². The number of carbonyl (C=O) groups is 1. The van der Waals surface area contributed by atoms with E-state index in [2.05, 4.69) is 0 Å². The highest BCUT2D eigenvalue weighted by molar-refractivity contribution is 5.87. The highest BCUT2D eigenvalue weighted by atomic mass is 16.5. The molecule has 14 heavy (non-hydrogen) atoms. The van der Waals surface area contributed by atoms with Crippen LogP contribution >= 0.6 is 0 Å². The fraction of sp³-hybridized carbons (Fsp3) is 0.500. The molecule has 1 rings (SSSR count). The standard InChI is InChI=1S/C10H15NO3/c1-3-14-10(12)9-5-4-6-11(9)7-8-13-2/h4-6H,3,7-8H2,1-2H3. The topological polar surface area (TPSA) is 40.5 Å². The Bertz CT molecular complexity index is 293. The van der Waals surface area contributed by atoms with E-state index in [-0.39, 0.29) is 5.97 Å². The Morgan fingerprint density at radius 3 is 3.00 bits per heavy atom. The molecule has 0 aliphatic rings. The smallest absolute Gasteiger partial charge is 0.354 e. The summed E-state index contributed by atoms with van der Waals surface area (Å²) in [4.78, 5) is 11.4. The van der Waals surface area contributed by atoms with E-state index in [0.717, 1.165) is 0 Å². The van der Waals surface area contributed by atoms with Gasteiger partial charge < -0.3 is 14.0 Å². The van der Waals surface area contributed by atoms with Crippen LogP contribution in [0.15, 0.2) is 18.3 Å². The summed E-state index contributed by atoms with van der Waals surface area (Å²) in [6.07, 6.45) is 1.84. The fourth-order valence-electron chi connectivity index (χ4n) is 1.19. The average molecular weight is 197 g/mol. The molecule has 1 heterocycles. The molecule has 0 aliphatic heterocycles. The van der Waals surface area contributed by atoms with Gasteiger partial charge in [0.25, 0.3) is 0 Å². The first-order valence-electron chi connectivity index (χ1n) is 4.60.